The molecule has 0 saturated heterocycles. The lowest BCUT2D eigenvalue weighted by atomic mass is 10.3. The van der Waals surface area contributed by atoms with Gasteiger partial charge in [-0.3, -0.25) is 4.79 Å². The average Bonchev–Trinajstić information content (AvgIpc) is 2.96. The highest BCUT2D eigenvalue weighted by atomic mass is 32.2. The highest BCUT2D eigenvalue weighted by Gasteiger charge is 2.15. The molecule has 0 aliphatic carbocycles. The topological polar surface area (TPSA) is 76.1 Å². The molecule has 0 fully saturated rings. The number of rotatable bonds is 6. The zero-order valence-corrected chi connectivity index (χ0v) is 15.0. The average molecular weight is 396 g/mol. The minimum atomic E-state index is -3.57. The molecule has 136 valence electrons. The maximum Gasteiger partial charge on any atom is 0.226 e. The van der Waals surface area contributed by atoms with Crippen LogP contribution in [0.2, 0.25) is 0 Å². The first kappa shape index (κ1) is 18.4. The summed E-state index contributed by atoms with van der Waals surface area (Å²) in [5.41, 5.74) is 0.575. The summed E-state index contributed by atoms with van der Waals surface area (Å²) in [7, 11) is -3.57. The SMILES string of the molecule is O=C(CCCS(=O)(=O)c1ccc(F)cc1)Nc1nc2ccc(F)cc2s1. The van der Waals surface area contributed by atoms with Crippen LogP contribution < -0.4 is 5.32 Å². The smallest absolute Gasteiger partial charge is 0.226 e. The van der Waals surface area contributed by atoms with E-state index in [-0.39, 0.29) is 35.2 Å². The minimum Gasteiger partial charge on any atom is -0.302 e. The summed E-state index contributed by atoms with van der Waals surface area (Å²) >= 11 is 1.14. The van der Waals surface area contributed by atoms with Crippen molar-refractivity contribution in [3.63, 3.8) is 0 Å². The first-order valence-electron chi connectivity index (χ1n) is 7.68. The molecule has 1 aromatic heterocycles. The molecule has 2 aromatic carbocycles. The molecular weight excluding hydrogens is 382 g/mol. The Labute approximate surface area is 152 Å². The van der Waals surface area contributed by atoms with Crippen LogP contribution in [0.25, 0.3) is 10.2 Å². The number of halogens is 2. The van der Waals surface area contributed by atoms with Crippen molar-refractivity contribution in [2.75, 3.05) is 11.1 Å². The van der Waals surface area contributed by atoms with Crippen LogP contribution >= 0.6 is 11.3 Å². The van der Waals surface area contributed by atoms with E-state index in [1.54, 1.807) is 0 Å². The van der Waals surface area contributed by atoms with Crippen molar-refractivity contribution in [3.8, 4) is 0 Å². The van der Waals surface area contributed by atoms with Gasteiger partial charge < -0.3 is 5.32 Å². The van der Waals surface area contributed by atoms with E-state index in [0.717, 1.165) is 23.5 Å². The Morgan fingerprint density at radius 1 is 1.08 bits per heavy atom. The number of carbonyl (C=O) groups is 1. The first-order valence-corrected chi connectivity index (χ1v) is 10.1. The maximum atomic E-state index is 13.2. The zero-order valence-electron chi connectivity index (χ0n) is 13.4. The zero-order chi connectivity index (χ0) is 18.7. The van der Waals surface area contributed by atoms with Gasteiger partial charge in [0, 0.05) is 6.42 Å². The third-order valence-electron chi connectivity index (χ3n) is 3.59. The highest BCUT2D eigenvalue weighted by Crippen LogP contribution is 2.26. The van der Waals surface area contributed by atoms with E-state index in [1.165, 1.54) is 30.3 Å². The third kappa shape index (κ3) is 4.41. The number of carbonyl (C=O) groups excluding carboxylic acids is 1. The lowest BCUT2D eigenvalue weighted by Crippen LogP contribution is -2.14. The Bertz CT molecular complexity index is 1050. The molecule has 0 saturated carbocycles. The van der Waals surface area contributed by atoms with Crippen molar-refractivity contribution in [1.82, 2.24) is 4.98 Å². The van der Waals surface area contributed by atoms with Gasteiger partial charge >= 0.3 is 0 Å². The van der Waals surface area contributed by atoms with E-state index >= 15 is 0 Å². The number of nitrogens with one attached hydrogen (secondary N) is 1. The number of nitrogens with zero attached hydrogens (tertiary/aromatic N) is 1. The Kier molecular flexibility index (Phi) is 5.28. The van der Waals surface area contributed by atoms with Gasteiger partial charge in [0.15, 0.2) is 15.0 Å². The normalized spacial score (nSPS) is 11.6. The second kappa shape index (κ2) is 7.46. The molecule has 0 atom stereocenters. The molecule has 26 heavy (non-hydrogen) atoms. The molecule has 3 rings (SSSR count). The molecule has 0 unspecified atom stereocenters. The van der Waals surface area contributed by atoms with Crippen LogP contribution in [0.3, 0.4) is 0 Å². The fourth-order valence-electron chi connectivity index (χ4n) is 2.32. The number of amides is 1. The van der Waals surface area contributed by atoms with Gasteiger partial charge in [-0.25, -0.2) is 22.2 Å². The van der Waals surface area contributed by atoms with Gasteiger partial charge in [0.1, 0.15) is 11.6 Å². The number of aromatic nitrogens is 1. The molecule has 1 heterocycles. The maximum absolute atomic E-state index is 13.2. The van der Waals surface area contributed by atoms with Gasteiger partial charge in [0.05, 0.1) is 20.9 Å². The third-order valence-corrected chi connectivity index (χ3v) is 6.34. The number of sulfone groups is 1. The Morgan fingerprint density at radius 3 is 2.50 bits per heavy atom. The van der Waals surface area contributed by atoms with E-state index in [0.29, 0.717) is 15.3 Å². The second-order valence-electron chi connectivity index (χ2n) is 5.56. The largest absolute Gasteiger partial charge is 0.302 e. The Morgan fingerprint density at radius 2 is 1.77 bits per heavy atom. The van der Waals surface area contributed by atoms with Crippen molar-refractivity contribution in [3.05, 3.63) is 54.1 Å². The van der Waals surface area contributed by atoms with Crippen molar-refractivity contribution in [2.24, 2.45) is 0 Å². The van der Waals surface area contributed by atoms with E-state index in [4.69, 9.17) is 0 Å². The summed E-state index contributed by atoms with van der Waals surface area (Å²) in [6.07, 6.45) is 0.107. The summed E-state index contributed by atoms with van der Waals surface area (Å²) in [5, 5.41) is 2.92. The summed E-state index contributed by atoms with van der Waals surface area (Å²) < 4.78 is 50.9. The van der Waals surface area contributed by atoms with Crippen molar-refractivity contribution in [1.29, 1.82) is 0 Å². The van der Waals surface area contributed by atoms with Crippen molar-refractivity contribution in [2.45, 2.75) is 17.7 Å². The van der Waals surface area contributed by atoms with Crippen molar-refractivity contribution < 1.29 is 22.0 Å². The number of benzene rings is 2. The molecule has 0 bridgehead atoms. The van der Waals surface area contributed by atoms with E-state index < -0.39 is 15.7 Å². The van der Waals surface area contributed by atoms with E-state index in [2.05, 4.69) is 10.3 Å². The molecule has 0 aliphatic rings. The first-order chi connectivity index (χ1) is 12.3. The number of anilines is 1. The summed E-state index contributed by atoms with van der Waals surface area (Å²) in [6, 6.07) is 8.69. The lowest BCUT2D eigenvalue weighted by Gasteiger charge is -2.04. The fraction of sp³-hybridized carbons (Fsp3) is 0.176. The van der Waals surface area contributed by atoms with Crippen LogP contribution in [0.1, 0.15) is 12.8 Å². The van der Waals surface area contributed by atoms with Gasteiger partial charge in [0.2, 0.25) is 5.91 Å². The number of hydrogen-bond donors (Lipinski definition) is 1. The standard InChI is InChI=1S/C17H14F2N2O3S2/c18-11-3-6-13(7-4-11)26(23,24)9-1-2-16(22)21-17-20-14-8-5-12(19)10-15(14)25-17/h3-8,10H,1-2,9H2,(H,20,21,22). The van der Waals surface area contributed by atoms with Gasteiger partial charge in [-0.2, -0.15) is 0 Å². The van der Waals surface area contributed by atoms with E-state index in [1.807, 2.05) is 0 Å². The predicted molar refractivity (Wildman–Crippen MR) is 95.9 cm³/mol. The van der Waals surface area contributed by atoms with Crippen LogP contribution in [-0.2, 0) is 14.6 Å². The Hall–Kier alpha value is -2.39. The van der Waals surface area contributed by atoms with Crippen molar-refractivity contribution >= 4 is 42.4 Å². The summed E-state index contributed by atoms with van der Waals surface area (Å²) in [5.74, 6) is -1.50. The van der Waals surface area contributed by atoms with Gasteiger partial charge in [-0.05, 0) is 48.9 Å². The summed E-state index contributed by atoms with van der Waals surface area (Å²) in [4.78, 5) is 16.2. The number of fused-ring (bicyclic) bond motifs is 1. The minimum absolute atomic E-state index is 0.00922. The quantitative estimate of drug-likeness (QED) is 0.644. The molecule has 1 amide bonds. The van der Waals surface area contributed by atoms with Crippen LogP contribution in [0.4, 0.5) is 13.9 Å². The Balaban J connectivity index is 1.55. The molecule has 0 spiro atoms. The number of hydrogen-bond acceptors (Lipinski definition) is 5. The van der Waals surface area contributed by atoms with Crippen LogP contribution in [0, 0.1) is 11.6 Å². The van der Waals surface area contributed by atoms with Crippen LogP contribution in [0.15, 0.2) is 47.4 Å². The predicted octanol–water partition coefficient (Wildman–Crippen LogP) is 3.77. The second-order valence-corrected chi connectivity index (χ2v) is 8.70. The van der Waals surface area contributed by atoms with E-state index in [9.17, 15) is 22.0 Å². The van der Waals surface area contributed by atoms with Gasteiger partial charge in [0.25, 0.3) is 0 Å². The molecule has 9 heteroatoms. The van der Waals surface area contributed by atoms with Gasteiger partial charge in [-0.15, -0.1) is 0 Å². The number of thiazole rings is 1. The summed E-state index contributed by atoms with van der Waals surface area (Å²) in [6.45, 7) is 0. The molecule has 0 radical (unpaired) electrons. The van der Waals surface area contributed by atoms with Gasteiger partial charge in [-0.1, -0.05) is 11.3 Å². The molecule has 5 nitrogen and oxygen atoms in total. The van der Waals surface area contributed by atoms with Crippen LogP contribution in [0.5, 0.6) is 0 Å². The lowest BCUT2D eigenvalue weighted by molar-refractivity contribution is -0.116. The fourth-order valence-corrected chi connectivity index (χ4v) is 4.53. The monoisotopic (exact) mass is 396 g/mol. The molecule has 0 aliphatic heterocycles. The molecular formula is C17H14F2N2O3S2. The molecule has 1 N–H and O–H groups in total. The highest BCUT2D eigenvalue weighted by molar-refractivity contribution is 7.91. The van der Waals surface area contributed by atoms with Crippen LogP contribution in [-0.4, -0.2) is 25.1 Å². The molecule has 3 aromatic rings.